The van der Waals surface area contributed by atoms with Crippen LogP contribution in [0.4, 0.5) is 0 Å². The highest BCUT2D eigenvalue weighted by molar-refractivity contribution is 7.17. The summed E-state index contributed by atoms with van der Waals surface area (Å²) < 4.78 is 1.36. The second-order valence-corrected chi connectivity index (χ2v) is 4.20. The number of hydrogen-bond acceptors (Lipinski definition) is 1. The smallest absolute Gasteiger partial charge is 0.0349 e. The highest BCUT2D eigenvalue weighted by atomic mass is 32.1. The summed E-state index contributed by atoms with van der Waals surface area (Å²) in [6, 6.07) is 6.62. The van der Waals surface area contributed by atoms with E-state index in [9.17, 15) is 0 Å². The van der Waals surface area contributed by atoms with Crippen LogP contribution in [-0.4, -0.2) is 0 Å². The van der Waals surface area contributed by atoms with Crippen LogP contribution in [-0.2, 0) is 0 Å². The minimum atomic E-state index is 1.13. The molecule has 0 saturated heterocycles. The van der Waals surface area contributed by atoms with Crippen LogP contribution in [0.2, 0.25) is 0 Å². The Balaban J connectivity index is 2.44. The molecule has 62 valence electrons. The van der Waals surface area contributed by atoms with Crippen molar-refractivity contribution < 1.29 is 0 Å². The molecule has 1 aliphatic carbocycles. The molecule has 0 N–H and O–H groups in total. The zero-order valence-corrected chi connectivity index (χ0v) is 7.90. The second-order valence-electron chi connectivity index (χ2n) is 3.26. The Bertz CT molecular complexity index is 529. The average molecular weight is 184 g/mol. The summed E-state index contributed by atoms with van der Waals surface area (Å²) in [5.41, 5.74) is 3.72. The van der Waals surface area contributed by atoms with E-state index in [1.807, 2.05) is 0 Å². The van der Waals surface area contributed by atoms with Crippen LogP contribution in [0.3, 0.4) is 0 Å². The fraction of sp³-hybridized carbons (Fsp3) is 0. The lowest BCUT2D eigenvalue weighted by molar-refractivity contribution is 1.71. The molecule has 0 saturated carbocycles. The molecule has 0 amide bonds. The minimum Gasteiger partial charge on any atom is -0.144 e. The highest BCUT2D eigenvalue weighted by Gasteiger charge is 2.09. The van der Waals surface area contributed by atoms with E-state index in [1.54, 1.807) is 11.3 Å². The predicted molar refractivity (Wildman–Crippen MR) is 59.9 cm³/mol. The summed E-state index contributed by atoms with van der Waals surface area (Å²) in [5, 5.41) is 3.46. The van der Waals surface area contributed by atoms with Crippen molar-refractivity contribution in [3.63, 3.8) is 0 Å². The van der Waals surface area contributed by atoms with E-state index in [4.69, 9.17) is 0 Å². The van der Waals surface area contributed by atoms with Crippen molar-refractivity contribution in [2.45, 2.75) is 0 Å². The summed E-state index contributed by atoms with van der Waals surface area (Å²) in [4.78, 5) is 0. The maximum absolute atomic E-state index is 4.00. The predicted octanol–water partition coefficient (Wildman–Crippen LogP) is 3.94. The molecule has 0 unspecified atom stereocenters. The summed E-state index contributed by atoms with van der Waals surface area (Å²) in [5.74, 6) is 0. The highest BCUT2D eigenvalue weighted by Crippen LogP contribution is 2.33. The zero-order chi connectivity index (χ0) is 8.84. The van der Waals surface area contributed by atoms with Gasteiger partial charge >= 0.3 is 0 Å². The molecule has 0 radical (unpaired) electrons. The quantitative estimate of drug-likeness (QED) is 0.581. The van der Waals surface area contributed by atoms with Gasteiger partial charge < -0.3 is 0 Å². The molecule has 1 aliphatic rings. The van der Waals surface area contributed by atoms with E-state index in [1.165, 1.54) is 21.2 Å². The van der Waals surface area contributed by atoms with Crippen molar-refractivity contribution in [3.05, 3.63) is 47.4 Å². The largest absolute Gasteiger partial charge is 0.144 e. The van der Waals surface area contributed by atoms with E-state index in [0.717, 1.165) is 5.57 Å². The molecule has 0 atom stereocenters. The SMILES string of the molecule is C=C1C=Cc2cc3sccc3cc21. The summed E-state index contributed by atoms with van der Waals surface area (Å²) in [7, 11) is 0. The van der Waals surface area contributed by atoms with Gasteiger partial charge in [0.15, 0.2) is 0 Å². The van der Waals surface area contributed by atoms with Crippen LogP contribution < -0.4 is 0 Å². The number of hydrogen-bond donors (Lipinski definition) is 0. The topological polar surface area (TPSA) is 0 Å². The Labute approximate surface area is 80.8 Å². The monoisotopic (exact) mass is 184 g/mol. The first kappa shape index (κ1) is 7.10. The normalized spacial score (nSPS) is 14.0. The fourth-order valence-electron chi connectivity index (χ4n) is 1.72. The van der Waals surface area contributed by atoms with E-state index < -0.39 is 0 Å². The van der Waals surface area contributed by atoms with Crippen LogP contribution in [0.15, 0.2) is 36.2 Å². The minimum absolute atomic E-state index is 1.13. The van der Waals surface area contributed by atoms with Crippen LogP contribution >= 0.6 is 11.3 Å². The van der Waals surface area contributed by atoms with Gasteiger partial charge in [-0.05, 0) is 45.7 Å². The van der Waals surface area contributed by atoms with Crippen molar-refractivity contribution >= 4 is 33.1 Å². The van der Waals surface area contributed by atoms with Crippen molar-refractivity contribution in [2.75, 3.05) is 0 Å². The molecule has 2 aromatic rings. The Morgan fingerprint density at radius 3 is 3.00 bits per heavy atom. The van der Waals surface area contributed by atoms with Crippen LogP contribution in [0, 0.1) is 0 Å². The Hall–Kier alpha value is -1.34. The van der Waals surface area contributed by atoms with Crippen molar-refractivity contribution in [3.8, 4) is 0 Å². The molecule has 0 spiro atoms. The lowest BCUT2D eigenvalue weighted by Gasteiger charge is -1.99. The van der Waals surface area contributed by atoms with Crippen LogP contribution in [0.1, 0.15) is 11.1 Å². The number of fused-ring (bicyclic) bond motifs is 2. The van der Waals surface area contributed by atoms with Crippen molar-refractivity contribution in [1.29, 1.82) is 0 Å². The molecule has 1 aromatic carbocycles. The molecule has 0 fully saturated rings. The maximum Gasteiger partial charge on any atom is 0.0349 e. The zero-order valence-electron chi connectivity index (χ0n) is 7.08. The number of thiophene rings is 1. The number of rotatable bonds is 0. The van der Waals surface area contributed by atoms with Gasteiger partial charge in [0, 0.05) is 4.70 Å². The van der Waals surface area contributed by atoms with E-state index >= 15 is 0 Å². The molecule has 0 bridgehead atoms. The number of benzene rings is 1. The van der Waals surface area contributed by atoms with Gasteiger partial charge in [0.2, 0.25) is 0 Å². The molecule has 0 nitrogen and oxygen atoms in total. The Morgan fingerprint density at radius 1 is 1.15 bits per heavy atom. The lowest BCUT2D eigenvalue weighted by Crippen LogP contribution is -1.78. The third-order valence-corrected chi connectivity index (χ3v) is 3.31. The van der Waals surface area contributed by atoms with E-state index in [2.05, 4.69) is 42.3 Å². The van der Waals surface area contributed by atoms with Gasteiger partial charge in [-0.2, -0.15) is 0 Å². The molecular weight excluding hydrogens is 176 g/mol. The number of allylic oxidation sites excluding steroid dienone is 2. The molecular formula is C12H8S. The molecule has 3 rings (SSSR count). The average Bonchev–Trinajstić information content (AvgIpc) is 2.70. The van der Waals surface area contributed by atoms with Gasteiger partial charge in [0.05, 0.1) is 0 Å². The standard InChI is InChI=1S/C12H8S/c1-8-2-3-9-7-12-10(4-5-13-12)6-11(8)9/h2-7H,1H2. The molecule has 1 aromatic heterocycles. The fourth-order valence-corrected chi connectivity index (χ4v) is 2.54. The van der Waals surface area contributed by atoms with Gasteiger partial charge in [0.25, 0.3) is 0 Å². The van der Waals surface area contributed by atoms with Gasteiger partial charge in [-0.15, -0.1) is 11.3 Å². The first-order valence-corrected chi connectivity index (χ1v) is 5.11. The van der Waals surface area contributed by atoms with Crippen molar-refractivity contribution in [1.82, 2.24) is 0 Å². The van der Waals surface area contributed by atoms with Gasteiger partial charge in [-0.3, -0.25) is 0 Å². The third kappa shape index (κ3) is 0.909. The maximum atomic E-state index is 4.00. The van der Waals surface area contributed by atoms with E-state index in [0.29, 0.717) is 0 Å². The lowest BCUT2D eigenvalue weighted by atomic mass is 10.1. The molecule has 0 aliphatic heterocycles. The van der Waals surface area contributed by atoms with Gasteiger partial charge in [0.1, 0.15) is 0 Å². The molecule has 13 heavy (non-hydrogen) atoms. The molecule has 1 heteroatoms. The third-order valence-electron chi connectivity index (χ3n) is 2.43. The Morgan fingerprint density at radius 2 is 2.08 bits per heavy atom. The summed E-state index contributed by atoms with van der Waals surface area (Å²) >= 11 is 1.79. The second kappa shape index (κ2) is 2.33. The first-order valence-electron chi connectivity index (χ1n) is 4.23. The van der Waals surface area contributed by atoms with Gasteiger partial charge in [-0.25, -0.2) is 0 Å². The van der Waals surface area contributed by atoms with E-state index in [-0.39, 0.29) is 0 Å². The molecule has 1 heterocycles. The first-order chi connectivity index (χ1) is 6.34. The van der Waals surface area contributed by atoms with Crippen LogP contribution in [0.25, 0.3) is 21.7 Å². The van der Waals surface area contributed by atoms with Gasteiger partial charge in [-0.1, -0.05) is 18.7 Å². The summed E-state index contributed by atoms with van der Waals surface area (Å²) in [6.07, 6.45) is 4.21. The van der Waals surface area contributed by atoms with Crippen LogP contribution in [0.5, 0.6) is 0 Å². The Kier molecular flexibility index (Phi) is 1.27. The summed E-state index contributed by atoms with van der Waals surface area (Å²) in [6.45, 7) is 4.00. The van der Waals surface area contributed by atoms with Crippen molar-refractivity contribution in [2.24, 2.45) is 0 Å².